The summed E-state index contributed by atoms with van der Waals surface area (Å²) in [5.41, 5.74) is 14.3. The van der Waals surface area contributed by atoms with E-state index in [1.807, 2.05) is 0 Å². The van der Waals surface area contributed by atoms with E-state index in [4.69, 9.17) is 0 Å². The summed E-state index contributed by atoms with van der Waals surface area (Å²) in [6.07, 6.45) is 0. The summed E-state index contributed by atoms with van der Waals surface area (Å²) < 4.78 is 4.77. The average Bonchev–Trinajstić information content (AvgIpc) is 3.82. The van der Waals surface area contributed by atoms with Crippen molar-refractivity contribution in [3.05, 3.63) is 218 Å². The van der Waals surface area contributed by atoms with E-state index in [2.05, 4.69) is 228 Å². The van der Waals surface area contributed by atoms with Gasteiger partial charge in [-0.15, -0.1) is 0 Å². The van der Waals surface area contributed by atoms with E-state index in [1.165, 1.54) is 98.5 Å². The van der Waals surface area contributed by atoms with Gasteiger partial charge < -0.3 is 9.13 Å². The molecular formula is C56H36N2. The van der Waals surface area contributed by atoms with Gasteiger partial charge in [0.1, 0.15) is 0 Å². The molecule has 2 heterocycles. The van der Waals surface area contributed by atoms with Crippen molar-refractivity contribution < 1.29 is 0 Å². The van der Waals surface area contributed by atoms with E-state index in [0.717, 1.165) is 11.4 Å². The summed E-state index contributed by atoms with van der Waals surface area (Å²) in [4.78, 5) is 0. The number of nitrogens with zero attached hydrogens (tertiary/aromatic N) is 2. The van der Waals surface area contributed by atoms with Gasteiger partial charge in [0.15, 0.2) is 0 Å². The Labute approximate surface area is 336 Å². The fraction of sp³-hybridized carbons (Fsp3) is 0. The van der Waals surface area contributed by atoms with Crippen molar-refractivity contribution in [3.8, 4) is 44.8 Å². The first kappa shape index (κ1) is 32.6. The highest BCUT2D eigenvalue weighted by molar-refractivity contribution is 6.11. The first-order chi connectivity index (χ1) is 28.8. The van der Waals surface area contributed by atoms with Crippen molar-refractivity contribution in [1.29, 1.82) is 0 Å². The van der Waals surface area contributed by atoms with E-state index in [0.29, 0.717) is 0 Å². The molecule has 2 heteroatoms. The second-order valence-electron chi connectivity index (χ2n) is 15.3. The summed E-state index contributed by atoms with van der Waals surface area (Å²) in [6, 6.07) is 80.1. The van der Waals surface area contributed by atoms with Gasteiger partial charge in [0.2, 0.25) is 0 Å². The predicted octanol–water partition coefficient (Wildman–Crippen LogP) is 15.2. The largest absolute Gasteiger partial charge is 0.309 e. The maximum Gasteiger partial charge on any atom is 0.0541 e. The molecule has 270 valence electrons. The second-order valence-corrected chi connectivity index (χ2v) is 15.3. The first-order valence-electron chi connectivity index (χ1n) is 20.0. The minimum atomic E-state index is 1.15. The lowest BCUT2D eigenvalue weighted by Gasteiger charge is -2.16. The third-order valence-corrected chi connectivity index (χ3v) is 12.1. The molecule has 12 aromatic rings. The molecule has 0 saturated heterocycles. The van der Waals surface area contributed by atoms with Crippen LogP contribution in [0.25, 0.3) is 110 Å². The molecule has 0 atom stereocenters. The topological polar surface area (TPSA) is 9.86 Å². The summed E-state index contributed by atoms with van der Waals surface area (Å²) in [5, 5.41) is 10.1. The predicted molar refractivity (Wildman–Crippen MR) is 246 cm³/mol. The van der Waals surface area contributed by atoms with Gasteiger partial charge >= 0.3 is 0 Å². The Morgan fingerprint density at radius 1 is 0.224 bits per heavy atom. The van der Waals surface area contributed by atoms with Crippen LogP contribution in [0.4, 0.5) is 0 Å². The highest BCUT2D eigenvalue weighted by Gasteiger charge is 2.16. The van der Waals surface area contributed by atoms with Gasteiger partial charge in [-0.3, -0.25) is 0 Å². The maximum atomic E-state index is 2.39. The minimum Gasteiger partial charge on any atom is -0.309 e. The minimum absolute atomic E-state index is 1.15. The Balaban J connectivity index is 1.01. The lowest BCUT2D eigenvalue weighted by atomic mass is 9.89. The van der Waals surface area contributed by atoms with Gasteiger partial charge in [0.05, 0.1) is 22.1 Å². The molecule has 0 aliphatic carbocycles. The lowest BCUT2D eigenvalue weighted by molar-refractivity contribution is 1.18. The van der Waals surface area contributed by atoms with E-state index in [9.17, 15) is 0 Å². The van der Waals surface area contributed by atoms with Crippen LogP contribution in [-0.4, -0.2) is 9.13 Å². The zero-order valence-corrected chi connectivity index (χ0v) is 31.7. The number of benzene rings is 10. The molecule has 10 aromatic carbocycles. The monoisotopic (exact) mass is 736 g/mol. The molecule has 0 aliphatic heterocycles. The van der Waals surface area contributed by atoms with Crippen LogP contribution in [0.5, 0.6) is 0 Å². The fourth-order valence-corrected chi connectivity index (χ4v) is 9.38. The number of rotatable bonds is 5. The highest BCUT2D eigenvalue weighted by Crippen LogP contribution is 2.40. The standard InChI is InChI=1S/C56H36N2/c1-2-12-45-38(11-1)21-22-39-23-24-42(36-52(39)45)46-34-29-41(37-25-30-43(31-26-37)57-53-17-7-3-13-47(53)48-14-4-8-18-54(48)57)35-51(46)40-27-32-44(33-28-40)58-55-19-9-5-15-49(55)50-16-6-10-20-56(50)58/h1-36H. The Bertz CT molecular complexity index is 3440. The molecule has 0 unspecified atom stereocenters. The van der Waals surface area contributed by atoms with Crippen molar-refractivity contribution in [1.82, 2.24) is 9.13 Å². The van der Waals surface area contributed by atoms with Crippen molar-refractivity contribution in [2.24, 2.45) is 0 Å². The number of hydrogen-bond acceptors (Lipinski definition) is 0. The van der Waals surface area contributed by atoms with Gasteiger partial charge in [-0.25, -0.2) is 0 Å². The van der Waals surface area contributed by atoms with Crippen LogP contribution in [0.2, 0.25) is 0 Å². The molecule has 0 fully saturated rings. The molecule has 58 heavy (non-hydrogen) atoms. The number of aromatic nitrogens is 2. The third-order valence-electron chi connectivity index (χ3n) is 12.1. The van der Waals surface area contributed by atoms with Gasteiger partial charge in [0, 0.05) is 32.9 Å². The van der Waals surface area contributed by atoms with Crippen molar-refractivity contribution in [3.63, 3.8) is 0 Å². The molecule has 2 nitrogen and oxygen atoms in total. The summed E-state index contributed by atoms with van der Waals surface area (Å²) in [7, 11) is 0. The normalized spacial score (nSPS) is 11.8. The summed E-state index contributed by atoms with van der Waals surface area (Å²) >= 11 is 0. The average molecular weight is 737 g/mol. The molecule has 0 amide bonds. The van der Waals surface area contributed by atoms with Crippen LogP contribution in [-0.2, 0) is 0 Å². The SMILES string of the molecule is c1ccc2c(c1)ccc1ccc(-c3ccc(-c4ccc(-n5c6ccccc6c6ccccc65)cc4)cc3-c3ccc(-n4c5ccccc5c5ccccc54)cc3)cc12. The van der Waals surface area contributed by atoms with Gasteiger partial charge in [-0.05, 0) is 116 Å². The zero-order chi connectivity index (χ0) is 38.2. The summed E-state index contributed by atoms with van der Waals surface area (Å²) in [5.74, 6) is 0. The number of fused-ring (bicyclic) bond motifs is 9. The van der Waals surface area contributed by atoms with Crippen molar-refractivity contribution >= 4 is 65.2 Å². The number of hydrogen-bond donors (Lipinski definition) is 0. The van der Waals surface area contributed by atoms with Crippen LogP contribution < -0.4 is 0 Å². The van der Waals surface area contributed by atoms with Crippen LogP contribution in [0.15, 0.2) is 218 Å². The first-order valence-corrected chi connectivity index (χ1v) is 20.0. The smallest absolute Gasteiger partial charge is 0.0541 e. The van der Waals surface area contributed by atoms with Gasteiger partial charge in [0.25, 0.3) is 0 Å². The quantitative estimate of drug-likeness (QED) is 0.156. The van der Waals surface area contributed by atoms with Gasteiger partial charge in [-0.2, -0.15) is 0 Å². The molecule has 0 bridgehead atoms. The molecule has 0 radical (unpaired) electrons. The Hall–Kier alpha value is -7.68. The molecular weight excluding hydrogens is 701 g/mol. The summed E-state index contributed by atoms with van der Waals surface area (Å²) in [6.45, 7) is 0. The van der Waals surface area contributed by atoms with Crippen LogP contribution >= 0.6 is 0 Å². The van der Waals surface area contributed by atoms with Crippen LogP contribution in [0.3, 0.4) is 0 Å². The molecule has 12 rings (SSSR count). The fourth-order valence-electron chi connectivity index (χ4n) is 9.38. The number of para-hydroxylation sites is 4. The molecule has 0 aliphatic rings. The lowest BCUT2D eigenvalue weighted by Crippen LogP contribution is -1.95. The Morgan fingerprint density at radius 2 is 0.621 bits per heavy atom. The molecule has 0 saturated carbocycles. The van der Waals surface area contributed by atoms with Gasteiger partial charge in [-0.1, -0.05) is 158 Å². The second kappa shape index (κ2) is 12.9. The van der Waals surface area contributed by atoms with E-state index in [1.54, 1.807) is 0 Å². The Kier molecular flexibility index (Phi) is 7.26. The van der Waals surface area contributed by atoms with Crippen LogP contribution in [0, 0.1) is 0 Å². The van der Waals surface area contributed by atoms with E-state index >= 15 is 0 Å². The van der Waals surface area contributed by atoms with E-state index in [-0.39, 0.29) is 0 Å². The zero-order valence-electron chi connectivity index (χ0n) is 31.7. The Morgan fingerprint density at radius 3 is 1.16 bits per heavy atom. The highest BCUT2D eigenvalue weighted by atomic mass is 15.0. The molecule has 0 N–H and O–H groups in total. The molecule has 2 aromatic heterocycles. The van der Waals surface area contributed by atoms with Crippen LogP contribution in [0.1, 0.15) is 0 Å². The van der Waals surface area contributed by atoms with Crippen molar-refractivity contribution in [2.45, 2.75) is 0 Å². The van der Waals surface area contributed by atoms with E-state index < -0.39 is 0 Å². The molecule has 0 spiro atoms. The van der Waals surface area contributed by atoms with Crippen molar-refractivity contribution in [2.75, 3.05) is 0 Å². The maximum absolute atomic E-state index is 2.39. The third kappa shape index (κ3) is 5.05.